The number of rotatable bonds is 3. The molecular weight excluding hydrogens is 304 g/mol. The van der Waals surface area contributed by atoms with E-state index < -0.39 is 6.03 Å². The van der Waals surface area contributed by atoms with Gasteiger partial charge >= 0.3 is 6.03 Å². The van der Waals surface area contributed by atoms with Gasteiger partial charge in [0, 0.05) is 32.7 Å². The SMILES string of the molecule is NC(=O)N1CCCN(C(=O)C2CCCN2Cc2ccccc2)CC1. The average Bonchev–Trinajstić information content (AvgIpc) is 2.89. The van der Waals surface area contributed by atoms with E-state index in [4.69, 9.17) is 5.73 Å². The summed E-state index contributed by atoms with van der Waals surface area (Å²) in [7, 11) is 0. The van der Waals surface area contributed by atoms with Crippen LogP contribution in [-0.4, -0.2) is 65.4 Å². The number of nitrogens with two attached hydrogens (primary N) is 1. The molecule has 0 aromatic heterocycles. The smallest absolute Gasteiger partial charge is 0.314 e. The topological polar surface area (TPSA) is 69.9 Å². The monoisotopic (exact) mass is 330 g/mol. The largest absolute Gasteiger partial charge is 0.351 e. The fourth-order valence-electron chi connectivity index (χ4n) is 3.68. The highest BCUT2D eigenvalue weighted by atomic mass is 16.2. The molecule has 3 amide bonds. The number of carbonyl (C=O) groups is 2. The Kier molecular flexibility index (Phi) is 5.35. The van der Waals surface area contributed by atoms with Crippen LogP contribution >= 0.6 is 0 Å². The van der Waals surface area contributed by atoms with Crippen LogP contribution in [0.5, 0.6) is 0 Å². The van der Waals surface area contributed by atoms with Crippen molar-refractivity contribution in [3.8, 4) is 0 Å². The van der Waals surface area contributed by atoms with E-state index in [1.807, 2.05) is 23.1 Å². The van der Waals surface area contributed by atoms with Crippen molar-refractivity contribution in [1.29, 1.82) is 0 Å². The summed E-state index contributed by atoms with van der Waals surface area (Å²) in [5.41, 5.74) is 6.61. The highest BCUT2D eigenvalue weighted by molar-refractivity contribution is 5.82. The van der Waals surface area contributed by atoms with Crippen molar-refractivity contribution in [3.63, 3.8) is 0 Å². The minimum atomic E-state index is -0.393. The maximum Gasteiger partial charge on any atom is 0.314 e. The summed E-state index contributed by atoms with van der Waals surface area (Å²) in [5.74, 6) is 0.203. The molecule has 2 saturated heterocycles. The van der Waals surface area contributed by atoms with Crippen LogP contribution in [0.25, 0.3) is 0 Å². The van der Waals surface area contributed by atoms with Gasteiger partial charge in [-0.25, -0.2) is 4.79 Å². The Labute approximate surface area is 143 Å². The van der Waals surface area contributed by atoms with Gasteiger partial charge in [-0.15, -0.1) is 0 Å². The van der Waals surface area contributed by atoms with E-state index in [9.17, 15) is 9.59 Å². The molecule has 2 heterocycles. The van der Waals surface area contributed by atoms with E-state index in [0.717, 1.165) is 32.4 Å². The Balaban J connectivity index is 1.62. The van der Waals surface area contributed by atoms with Crippen molar-refractivity contribution in [1.82, 2.24) is 14.7 Å². The molecule has 1 unspecified atom stereocenters. The van der Waals surface area contributed by atoms with E-state index in [2.05, 4.69) is 17.0 Å². The number of nitrogens with zero attached hydrogens (tertiary/aromatic N) is 3. The van der Waals surface area contributed by atoms with Gasteiger partial charge in [0.15, 0.2) is 0 Å². The zero-order chi connectivity index (χ0) is 16.9. The van der Waals surface area contributed by atoms with Crippen LogP contribution in [-0.2, 0) is 11.3 Å². The number of likely N-dealkylation sites (tertiary alicyclic amines) is 1. The summed E-state index contributed by atoms with van der Waals surface area (Å²) in [6.07, 6.45) is 2.77. The predicted octanol–water partition coefficient (Wildman–Crippen LogP) is 1.26. The summed E-state index contributed by atoms with van der Waals surface area (Å²) in [6, 6.07) is 9.87. The van der Waals surface area contributed by atoms with Gasteiger partial charge in [0.2, 0.25) is 5.91 Å². The van der Waals surface area contributed by atoms with E-state index in [1.54, 1.807) is 4.90 Å². The van der Waals surface area contributed by atoms with Crippen molar-refractivity contribution < 1.29 is 9.59 Å². The Morgan fingerprint density at radius 1 is 0.958 bits per heavy atom. The van der Waals surface area contributed by atoms with Crippen LogP contribution in [0.15, 0.2) is 30.3 Å². The molecule has 24 heavy (non-hydrogen) atoms. The molecule has 0 aliphatic carbocycles. The minimum absolute atomic E-state index is 0.0367. The molecule has 1 atom stereocenters. The van der Waals surface area contributed by atoms with Gasteiger partial charge in [0.05, 0.1) is 6.04 Å². The molecule has 2 fully saturated rings. The van der Waals surface area contributed by atoms with Crippen LogP contribution in [0.2, 0.25) is 0 Å². The lowest BCUT2D eigenvalue weighted by atomic mass is 10.1. The molecule has 1 aromatic rings. The maximum atomic E-state index is 13.0. The molecule has 0 radical (unpaired) electrons. The Hall–Kier alpha value is -2.08. The van der Waals surface area contributed by atoms with Gasteiger partial charge in [0.1, 0.15) is 0 Å². The molecule has 2 aliphatic rings. The van der Waals surface area contributed by atoms with Gasteiger partial charge in [-0.05, 0) is 31.4 Å². The minimum Gasteiger partial charge on any atom is -0.351 e. The van der Waals surface area contributed by atoms with Crippen molar-refractivity contribution in [2.45, 2.75) is 31.8 Å². The Bertz CT molecular complexity index is 578. The number of amides is 3. The average molecular weight is 330 g/mol. The summed E-state index contributed by atoms with van der Waals surface area (Å²) in [4.78, 5) is 30.1. The van der Waals surface area contributed by atoms with E-state index in [1.165, 1.54) is 5.56 Å². The molecule has 0 spiro atoms. The first-order valence-corrected chi connectivity index (χ1v) is 8.76. The lowest BCUT2D eigenvalue weighted by Gasteiger charge is -2.29. The third-order valence-corrected chi connectivity index (χ3v) is 5.00. The highest BCUT2D eigenvalue weighted by Gasteiger charge is 2.34. The van der Waals surface area contributed by atoms with E-state index >= 15 is 0 Å². The van der Waals surface area contributed by atoms with Crippen LogP contribution < -0.4 is 5.73 Å². The number of hydrogen-bond acceptors (Lipinski definition) is 3. The summed E-state index contributed by atoms with van der Waals surface area (Å²) in [6.45, 7) is 4.24. The van der Waals surface area contributed by atoms with Gasteiger partial charge < -0.3 is 15.5 Å². The standard InChI is InChI=1S/C18H26N4O2/c19-18(24)21-11-5-10-20(12-13-21)17(23)16-8-4-9-22(16)14-15-6-2-1-3-7-15/h1-3,6-7,16H,4-5,8-14H2,(H2,19,24). The molecule has 2 aliphatic heterocycles. The lowest BCUT2D eigenvalue weighted by Crippen LogP contribution is -2.47. The first-order valence-electron chi connectivity index (χ1n) is 8.76. The van der Waals surface area contributed by atoms with Gasteiger partial charge in [0.25, 0.3) is 0 Å². The fourth-order valence-corrected chi connectivity index (χ4v) is 3.68. The van der Waals surface area contributed by atoms with E-state index in [-0.39, 0.29) is 11.9 Å². The quantitative estimate of drug-likeness (QED) is 0.907. The Morgan fingerprint density at radius 3 is 2.42 bits per heavy atom. The van der Waals surface area contributed by atoms with Crippen LogP contribution in [0.4, 0.5) is 4.79 Å². The van der Waals surface area contributed by atoms with E-state index in [0.29, 0.717) is 26.2 Å². The van der Waals surface area contributed by atoms with Crippen molar-refractivity contribution >= 4 is 11.9 Å². The van der Waals surface area contributed by atoms with Crippen molar-refractivity contribution in [3.05, 3.63) is 35.9 Å². The molecule has 0 saturated carbocycles. The number of hydrogen-bond donors (Lipinski definition) is 1. The van der Waals surface area contributed by atoms with Crippen molar-refractivity contribution in [2.24, 2.45) is 5.73 Å². The second kappa shape index (κ2) is 7.66. The van der Waals surface area contributed by atoms with Crippen LogP contribution in [0.1, 0.15) is 24.8 Å². The molecular formula is C18H26N4O2. The zero-order valence-electron chi connectivity index (χ0n) is 14.1. The summed E-state index contributed by atoms with van der Waals surface area (Å²) >= 11 is 0. The van der Waals surface area contributed by atoms with Crippen LogP contribution in [0, 0.1) is 0 Å². The molecule has 6 heteroatoms. The molecule has 130 valence electrons. The van der Waals surface area contributed by atoms with Gasteiger partial charge in [-0.2, -0.15) is 0 Å². The Morgan fingerprint density at radius 2 is 1.67 bits per heavy atom. The zero-order valence-corrected chi connectivity index (χ0v) is 14.1. The molecule has 3 rings (SSSR count). The normalized spacial score (nSPS) is 22.4. The first-order chi connectivity index (χ1) is 11.6. The fraction of sp³-hybridized carbons (Fsp3) is 0.556. The maximum absolute atomic E-state index is 13.0. The summed E-state index contributed by atoms with van der Waals surface area (Å²) in [5, 5.41) is 0. The second-order valence-corrected chi connectivity index (χ2v) is 6.62. The van der Waals surface area contributed by atoms with Gasteiger partial charge in [-0.1, -0.05) is 30.3 Å². The molecule has 2 N–H and O–H groups in total. The highest BCUT2D eigenvalue weighted by Crippen LogP contribution is 2.22. The molecule has 0 bridgehead atoms. The van der Waals surface area contributed by atoms with Gasteiger partial charge in [-0.3, -0.25) is 9.69 Å². The number of urea groups is 1. The third-order valence-electron chi connectivity index (χ3n) is 5.00. The summed E-state index contributed by atoms with van der Waals surface area (Å²) < 4.78 is 0. The molecule has 1 aromatic carbocycles. The first kappa shape index (κ1) is 16.8. The predicted molar refractivity (Wildman–Crippen MR) is 92.2 cm³/mol. The molecule has 6 nitrogen and oxygen atoms in total. The number of benzene rings is 1. The third kappa shape index (κ3) is 3.87. The van der Waals surface area contributed by atoms with Crippen LogP contribution in [0.3, 0.4) is 0 Å². The van der Waals surface area contributed by atoms with Crippen molar-refractivity contribution in [2.75, 3.05) is 32.7 Å². The lowest BCUT2D eigenvalue weighted by molar-refractivity contribution is -0.136. The number of primary amides is 1. The second-order valence-electron chi connectivity index (χ2n) is 6.62. The number of carbonyl (C=O) groups excluding carboxylic acids is 2.